The van der Waals surface area contributed by atoms with Crippen LogP contribution in [0.4, 0.5) is 0 Å². The fraction of sp³-hybridized carbons (Fsp3) is 0.929. The highest BCUT2D eigenvalue weighted by atomic mass is 35.5. The van der Waals surface area contributed by atoms with Crippen molar-refractivity contribution in [2.45, 2.75) is 63.8 Å². The summed E-state index contributed by atoms with van der Waals surface area (Å²) in [6.07, 6.45) is 9.05. The molecule has 0 bridgehead atoms. The van der Waals surface area contributed by atoms with Gasteiger partial charge < -0.3 is 5.32 Å². The number of amides is 1. The Morgan fingerprint density at radius 2 is 2.12 bits per heavy atom. The quantitative estimate of drug-likeness (QED) is 0.768. The van der Waals surface area contributed by atoms with Crippen molar-refractivity contribution in [2.24, 2.45) is 11.8 Å². The number of carbonyl (C=O) groups is 1. The third-order valence-electron chi connectivity index (χ3n) is 4.45. The van der Waals surface area contributed by atoms with Gasteiger partial charge in [-0.05, 0) is 37.5 Å². The summed E-state index contributed by atoms with van der Waals surface area (Å²) in [5.41, 5.74) is -0.111. The van der Waals surface area contributed by atoms with Gasteiger partial charge in [0.2, 0.25) is 5.91 Å². The Kier molecular flexibility index (Phi) is 4.35. The number of rotatable bonds is 4. The fourth-order valence-electron chi connectivity index (χ4n) is 3.23. The first kappa shape index (κ1) is 13.2. The molecule has 2 nitrogen and oxygen atoms in total. The highest BCUT2D eigenvalue weighted by molar-refractivity contribution is 6.18. The van der Waals surface area contributed by atoms with Gasteiger partial charge in [0, 0.05) is 12.3 Å². The van der Waals surface area contributed by atoms with Gasteiger partial charge in [-0.2, -0.15) is 0 Å². The standard InChI is InChI=1S/C14H24ClNO/c1-11-4-3-7-14(9-11,10-15)16-13(17)8-12-5-2-6-12/h11-12H,2-10H2,1H3,(H,16,17). The molecular weight excluding hydrogens is 234 g/mol. The smallest absolute Gasteiger partial charge is 0.220 e. The summed E-state index contributed by atoms with van der Waals surface area (Å²) in [7, 11) is 0. The monoisotopic (exact) mass is 257 g/mol. The number of hydrogen-bond acceptors (Lipinski definition) is 1. The molecule has 98 valence electrons. The average molecular weight is 258 g/mol. The Labute approximate surface area is 109 Å². The van der Waals surface area contributed by atoms with E-state index in [1.165, 1.54) is 32.1 Å². The van der Waals surface area contributed by atoms with Crippen LogP contribution in [0.2, 0.25) is 0 Å². The van der Waals surface area contributed by atoms with Crippen LogP contribution in [-0.4, -0.2) is 17.3 Å². The van der Waals surface area contributed by atoms with Crippen molar-refractivity contribution in [1.82, 2.24) is 5.32 Å². The summed E-state index contributed by atoms with van der Waals surface area (Å²) in [4.78, 5) is 12.0. The molecule has 0 saturated heterocycles. The van der Waals surface area contributed by atoms with Crippen molar-refractivity contribution >= 4 is 17.5 Å². The van der Waals surface area contributed by atoms with Crippen molar-refractivity contribution in [3.8, 4) is 0 Å². The molecule has 0 aromatic rings. The number of halogens is 1. The van der Waals surface area contributed by atoms with E-state index in [1.54, 1.807) is 0 Å². The van der Waals surface area contributed by atoms with Gasteiger partial charge in [-0.3, -0.25) is 4.79 Å². The van der Waals surface area contributed by atoms with Crippen LogP contribution in [0.15, 0.2) is 0 Å². The second-order valence-electron chi connectivity index (χ2n) is 6.16. The maximum Gasteiger partial charge on any atom is 0.220 e. The molecule has 2 saturated carbocycles. The lowest BCUT2D eigenvalue weighted by Crippen LogP contribution is -2.53. The van der Waals surface area contributed by atoms with Crippen LogP contribution in [0.1, 0.15) is 58.3 Å². The van der Waals surface area contributed by atoms with Gasteiger partial charge in [-0.15, -0.1) is 11.6 Å². The van der Waals surface area contributed by atoms with Crippen molar-refractivity contribution in [3.63, 3.8) is 0 Å². The minimum absolute atomic E-state index is 0.111. The van der Waals surface area contributed by atoms with Crippen LogP contribution < -0.4 is 5.32 Å². The molecule has 1 amide bonds. The first-order valence-electron chi connectivity index (χ1n) is 7.00. The second kappa shape index (κ2) is 5.60. The van der Waals surface area contributed by atoms with E-state index in [1.807, 2.05) is 0 Å². The molecular formula is C14H24ClNO. The van der Waals surface area contributed by atoms with E-state index < -0.39 is 0 Å². The number of hydrogen-bond donors (Lipinski definition) is 1. The molecule has 0 aromatic carbocycles. The third kappa shape index (κ3) is 3.37. The molecule has 0 radical (unpaired) electrons. The van der Waals surface area contributed by atoms with Crippen LogP contribution in [0, 0.1) is 11.8 Å². The van der Waals surface area contributed by atoms with E-state index >= 15 is 0 Å². The highest BCUT2D eigenvalue weighted by Gasteiger charge is 2.36. The maximum atomic E-state index is 12.0. The summed E-state index contributed by atoms with van der Waals surface area (Å²) in [5.74, 6) is 2.12. The molecule has 0 aromatic heterocycles. The zero-order valence-electron chi connectivity index (χ0n) is 10.8. The normalized spacial score (nSPS) is 34.1. The lowest BCUT2D eigenvalue weighted by Gasteiger charge is -2.40. The van der Waals surface area contributed by atoms with Crippen LogP contribution in [0.25, 0.3) is 0 Å². The molecule has 2 rings (SSSR count). The van der Waals surface area contributed by atoms with E-state index in [4.69, 9.17) is 11.6 Å². The van der Waals surface area contributed by atoms with Gasteiger partial charge in [0.15, 0.2) is 0 Å². The minimum Gasteiger partial charge on any atom is -0.349 e. The lowest BCUT2D eigenvalue weighted by atomic mass is 9.77. The van der Waals surface area contributed by atoms with E-state index in [2.05, 4.69) is 12.2 Å². The topological polar surface area (TPSA) is 29.1 Å². The van der Waals surface area contributed by atoms with Crippen LogP contribution >= 0.6 is 11.6 Å². The molecule has 0 heterocycles. The molecule has 3 heteroatoms. The lowest BCUT2D eigenvalue weighted by molar-refractivity contribution is -0.124. The second-order valence-corrected chi connectivity index (χ2v) is 6.43. The first-order valence-corrected chi connectivity index (χ1v) is 7.54. The van der Waals surface area contributed by atoms with E-state index in [-0.39, 0.29) is 11.4 Å². The van der Waals surface area contributed by atoms with E-state index in [0.29, 0.717) is 24.1 Å². The van der Waals surface area contributed by atoms with Crippen molar-refractivity contribution in [2.75, 3.05) is 5.88 Å². The van der Waals surface area contributed by atoms with Gasteiger partial charge in [0.25, 0.3) is 0 Å². The van der Waals surface area contributed by atoms with Crippen molar-refractivity contribution in [1.29, 1.82) is 0 Å². The Balaban J connectivity index is 1.86. The minimum atomic E-state index is -0.111. The number of alkyl halides is 1. The van der Waals surface area contributed by atoms with Gasteiger partial charge in [0.05, 0.1) is 5.54 Å². The molecule has 1 N–H and O–H groups in total. The Hall–Kier alpha value is -0.240. The fourth-order valence-corrected chi connectivity index (χ4v) is 3.54. The predicted molar refractivity (Wildman–Crippen MR) is 71.2 cm³/mol. The molecule has 2 unspecified atom stereocenters. The molecule has 2 fully saturated rings. The van der Waals surface area contributed by atoms with Crippen LogP contribution in [0.5, 0.6) is 0 Å². The maximum absolute atomic E-state index is 12.0. The summed E-state index contributed by atoms with van der Waals surface area (Å²) >= 11 is 6.12. The highest BCUT2D eigenvalue weighted by Crippen LogP contribution is 2.34. The van der Waals surface area contributed by atoms with Gasteiger partial charge in [-0.1, -0.05) is 26.2 Å². The summed E-state index contributed by atoms with van der Waals surface area (Å²) in [6, 6.07) is 0. The first-order chi connectivity index (χ1) is 8.13. The van der Waals surface area contributed by atoms with Crippen LogP contribution in [-0.2, 0) is 4.79 Å². The summed E-state index contributed by atoms with van der Waals surface area (Å²) < 4.78 is 0. The molecule has 17 heavy (non-hydrogen) atoms. The molecule has 0 aliphatic heterocycles. The Bertz CT molecular complexity index is 277. The third-order valence-corrected chi connectivity index (χ3v) is 4.96. The van der Waals surface area contributed by atoms with E-state index in [9.17, 15) is 4.79 Å². The van der Waals surface area contributed by atoms with Crippen LogP contribution in [0.3, 0.4) is 0 Å². The Morgan fingerprint density at radius 1 is 1.35 bits per heavy atom. The average Bonchev–Trinajstić information content (AvgIpc) is 2.23. The predicted octanol–water partition coefficient (Wildman–Crippen LogP) is 3.48. The van der Waals surface area contributed by atoms with Gasteiger partial charge in [0.1, 0.15) is 0 Å². The summed E-state index contributed by atoms with van der Waals surface area (Å²) in [5, 5.41) is 3.24. The Morgan fingerprint density at radius 3 is 2.65 bits per heavy atom. The summed E-state index contributed by atoms with van der Waals surface area (Å²) in [6.45, 7) is 2.26. The molecule has 0 spiro atoms. The van der Waals surface area contributed by atoms with E-state index in [0.717, 1.165) is 12.8 Å². The van der Waals surface area contributed by atoms with Crippen molar-refractivity contribution in [3.05, 3.63) is 0 Å². The number of nitrogens with one attached hydrogen (secondary N) is 1. The van der Waals surface area contributed by atoms with Crippen molar-refractivity contribution < 1.29 is 4.79 Å². The van der Waals surface area contributed by atoms with Gasteiger partial charge in [-0.25, -0.2) is 0 Å². The molecule has 2 aliphatic carbocycles. The molecule has 2 aliphatic rings. The largest absolute Gasteiger partial charge is 0.349 e. The van der Waals surface area contributed by atoms with Gasteiger partial charge >= 0.3 is 0 Å². The number of carbonyl (C=O) groups excluding carboxylic acids is 1. The zero-order chi connectivity index (χ0) is 12.3. The molecule has 2 atom stereocenters. The SMILES string of the molecule is CC1CCCC(CCl)(NC(=O)CC2CCC2)C1. The zero-order valence-corrected chi connectivity index (χ0v) is 11.6.